The lowest BCUT2D eigenvalue weighted by molar-refractivity contribution is 0.0957. The molecule has 0 saturated carbocycles. The molecule has 0 amide bonds. The van der Waals surface area contributed by atoms with Gasteiger partial charge < -0.3 is 20.3 Å². The predicted molar refractivity (Wildman–Crippen MR) is 160 cm³/mol. The van der Waals surface area contributed by atoms with Crippen LogP contribution in [0.4, 0.5) is 4.39 Å². The molecule has 0 radical (unpaired) electrons. The van der Waals surface area contributed by atoms with Crippen LogP contribution in [-0.2, 0) is 0 Å². The van der Waals surface area contributed by atoms with Crippen LogP contribution in [0.15, 0.2) is 55.4 Å². The normalized spacial score (nSPS) is 20.8. The zero-order valence-electron chi connectivity index (χ0n) is 24.4. The number of piperidine rings is 1. The summed E-state index contributed by atoms with van der Waals surface area (Å²) in [5, 5.41) is 0. The van der Waals surface area contributed by atoms with Crippen molar-refractivity contribution in [2.75, 3.05) is 32.8 Å². The SMILES string of the molecule is C=C(c1ccc(-c2ccc(OCC3CCN(CC(C)(CC)CC)CC3)cn2)cc1F)N1CCCC1(C)C(=C)N. The van der Waals surface area contributed by atoms with Gasteiger partial charge in [-0.2, -0.15) is 0 Å². The van der Waals surface area contributed by atoms with Gasteiger partial charge in [0, 0.05) is 35.6 Å². The molecule has 2 aliphatic rings. The first-order valence-corrected chi connectivity index (χ1v) is 14.6. The summed E-state index contributed by atoms with van der Waals surface area (Å²) in [5.41, 5.74) is 9.25. The van der Waals surface area contributed by atoms with E-state index >= 15 is 4.39 Å². The molecule has 212 valence electrons. The number of likely N-dealkylation sites (tertiary alicyclic amines) is 2. The molecule has 2 aromatic rings. The van der Waals surface area contributed by atoms with E-state index in [0.29, 0.717) is 40.6 Å². The lowest BCUT2D eigenvalue weighted by atomic mass is 9.83. The minimum Gasteiger partial charge on any atom is -0.492 e. The largest absolute Gasteiger partial charge is 0.492 e. The van der Waals surface area contributed by atoms with Crippen LogP contribution < -0.4 is 10.5 Å². The summed E-state index contributed by atoms with van der Waals surface area (Å²) >= 11 is 0. The monoisotopic (exact) mass is 534 g/mol. The Labute approximate surface area is 234 Å². The molecule has 1 unspecified atom stereocenters. The van der Waals surface area contributed by atoms with Gasteiger partial charge in [0.25, 0.3) is 0 Å². The number of nitrogens with zero attached hydrogens (tertiary/aromatic N) is 3. The Morgan fingerprint density at radius 3 is 2.46 bits per heavy atom. The van der Waals surface area contributed by atoms with Crippen LogP contribution in [-0.4, -0.2) is 53.1 Å². The third-order valence-corrected chi connectivity index (χ3v) is 9.48. The molecular weight excluding hydrogens is 487 g/mol. The van der Waals surface area contributed by atoms with Gasteiger partial charge in [0.15, 0.2) is 0 Å². The highest BCUT2D eigenvalue weighted by molar-refractivity contribution is 5.68. The Bertz CT molecular complexity index is 1150. The summed E-state index contributed by atoms with van der Waals surface area (Å²) in [6.07, 6.45) is 8.39. The molecule has 4 rings (SSSR count). The molecule has 0 spiro atoms. The van der Waals surface area contributed by atoms with Crippen molar-refractivity contribution in [2.45, 2.75) is 71.8 Å². The van der Waals surface area contributed by atoms with E-state index in [1.807, 2.05) is 25.1 Å². The van der Waals surface area contributed by atoms with Gasteiger partial charge in [0.2, 0.25) is 0 Å². The Kier molecular flexibility index (Phi) is 9.05. The molecular formula is C33H47FN4O. The molecule has 0 bridgehead atoms. The van der Waals surface area contributed by atoms with Gasteiger partial charge >= 0.3 is 0 Å². The Balaban J connectivity index is 1.32. The van der Waals surface area contributed by atoms with Crippen LogP contribution in [0.5, 0.6) is 5.75 Å². The number of nitrogens with two attached hydrogens (primary N) is 1. The summed E-state index contributed by atoms with van der Waals surface area (Å²) in [6, 6.07) is 9.04. The number of hydrogen-bond donors (Lipinski definition) is 1. The zero-order valence-corrected chi connectivity index (χ0v) is 24.4. The number of rotatable bonds is 11. The first-order valence-electron chi connectivity index (χ1n) is 14.6. The van der Waals surface area contributed by atoms with Gasteiger partial charge in [-0.05, 0) is 94.1 Å². The summed E-state index contributed by atoms with van der Waals surface area (Å²) in [5.74, 6) is 1.01. The summed E-state index contributed by atoms with van der Waals surface area (Å²) in [6.45, 7) is 22.2. The molecule has 3 heterocycles. The fourth-order valence-corrected chi connectivity index (χ4v) is 5.96. The van der Waals surface area contributed by atoms with E-state index in [4.69, 9.17) is 10.5 Å². The third kappa shape index (κ3) is 6.49. The van der Waals surface area contributed by atoms with Gasteiger partial charge in [-0.1, -0.05) is 40.0 Å². The molecule has 1 aromatic heterocycles. The maximum Gasteiger partial charge on any atom is 0.137 e. The highest BCUT2D eigenvalue weighted by Crippen LogP contribution is 2.39. The van der Waals surface area contributed by atoms with Crippen LogP contribution >= 0.6 is 0 Å². The van der Waals surface area contributed by atoms with Crippen molar-refractivity contribution < 1.29 is 9.13 Å². The van der Waals surface area contributed by atoms with Crippen molar-refractivity contribution in [3.63, 3.8) is 0 Å². The van der Waals surface area contributed by atoms with Crippen molar-refractivity contribution in [3.8, 4) is 17.0 Å². The quantitative estimate of drug-likeness (QED) is 0.333. The first kappa shape index (κ1) is 29.1. The number of pyridine rings is 1. The Morgan fingerprint density at radius 1 is 1.15 bits per heavy atom. The van der Waals surface area contributed by atoms with E-state index in [2.05, 4.69) is 48.7 Å². The smallest absolute Gasteiger partial charge is 0.137 e. The maximum absolute atomic E-state index is 15.3. The fourth-order valence-electron chi connectivity index (χ4n) is 5.96. The number of hydrogen-bond acceptors (Lipinski definition) is 5. The van der Waals surface area contributed by atoms with Crippen LogP contribution in [0.25, 0.3) is 17.0 Å². The molecule has 39 heavy (non-hydrogen) atoms. The van der Waals surface area contributed by atoms with Crippen molar-refractivity contribution in [3.05, 3.63) is 66.8 Å². The fraction of sp³-hybridized carbons (Fsp3) is 0.545. The molecule has 5 nitrogen and oxygen atoms in total. The van der Waals surface area contributed by atoms with Gasteiger partial charge in [-0.25, -0.2) is 4.39 Å². The van der Waals surface area contributed by atoms with E-state index in [9.17, 15) is 0 Å². The van der Waals surface area contributed by atoms with E-state index < -0.39 is 5.54 Å². The molecule has 1 atom stereocenters. The second-order valence-corrected chi connectivity index (χ2v) is 12.1. The minimum absolute atomic E-state index is 0.318. The number of ether oxygens (including phenoxy) is 1. The predicted octanol–water partition coefficient (Wildman–Crippen LogP) is 7.10. The highest BCUT2D eigenvalue weighted by atomic mass is 19.1. The lowest BCUT2D eigenvalue weighted by Gasteiger charge is -2.38. The topological polar surface area (TPSA) is 54.6 Å². The molecule has 1 aromatic carbocycles. The van der Waals surface area contributed by atoms with E-state index in [-0.39, 0.29) is 5.82 Å². The van der Waals surface area contributed by atoms with Crippen molar-refractivity contribution in [1.82, 2.24) is 14.8 Å². The van der Waals surface area contributed by atoms with E-state index in [0.717, 1.165) is 43.8 Å². The first-order chi connectivity index (χ1) is 18.6. The molecule has 0 aliphatic carbocycles. The summed E-state index contributed by atoms with van der Waals surface area (Å²) in [4.78, 5) is 9.26. The minimum atomic E-state index is -0.401. The zero-order chi connectivity index (χ0) is 28.2. The van der Waals surface area contributed by atoms with E-state index in [1.165, 1.54) is 38.3 Å². The second-order valence-electron chi connectivity index (χ2n) is 12.1. The molecule has 2 aliphatic heterocycles. The van der Waals surface area contributed by atoms with Crippen molar-refractivity contribution >= 4 is 5.70 Å². The van der Waals surface area contributed by atoms with Gasteiger partial charge in [-0.15, -0.1) is 0 Å². The lowest BCUT2D eigenvalue weighted by Crippen LogP contribution is -2.43. The van der Waals surface area contributed by atoms with Crippen LogP contribution in [0, 0.1) is 17.2 Å². The maximum atomic E-state index is 15.3. The average molecular weight is 535 g/mol. The number of halogens is 1. The molecule has 2 saturated heterocycles. The highest BCUT2D eigenvalue weighted by Gasteiger charge is 2.39. The van der Waals surface area contributed by atoms with E-state index in [1.54, 1.807) is 12.3 Å². The molecule has 2 fully saturated rings. The van der Waals surface area contributed by atoms with Crippen molar-refractivity contribution in [2.24, 2.45) is 17.1 Å². The summed E-state index contributed by atoms with van der Waals surface area (Å²) in [7, 11) is 0. The molecule has 2 N–H and O–H groups in total. The third-order valence-electron chi connectivity index (χ3n) is 9.48. The second kappa shape index (κ2) is 12.1. The number of benzene rings is 1. The standard InChI is InChI=1S/C33H47FN4O/c1-7-32(5,8-2)23-37-18-14-26(15-19-37)22-39-28-11-13-31(36-21-28)27-10-12-29(30(34)20-27)24(3)38-17-9-16-33(38,6)25(4)35/h10-13,20-21,26H,3-4,7-9,14-19,22-23,35H2,1-2,5-6H3. The van der Waals surface area contributed by atoms with Gasteiger partial charge in [0.1, 0.15) is 11.6 Å². The van der Waals surface area contributed by atoms with Crippen LogP contribution in [0.3, 0.4) is 0 Å². The van der Waals surface area contributed by atoms with Crippen LogP contribution in [0.2, 0.25) is 0 Å². The van der Waals surface area contributed by atoms with Gasteiger partial charge in [0.05, 0.1) is 24.0 Å². The van der Waals surface area contributed by atoms with Crippen LogP contribution in [0.1, 0.15) is 71.8 Å². The average Bonchev–Trinajstić information content (AvgIpc) is 3.35. The molecule has 6 heteroatoms. The summed E-state index contributed by atoms with van der Waals surface area (Å²) < 4.78 is 21.4. The Hall–Kier alpha value is -2.86. The number of aromatic nitrogens is 1. The Morgan fingerprint density at radius 2 is 1.87 bits per heavy atom. The van der Waals surface area contributed by atoms with Gasteiger partial charge in [-0.3, -0.25) is 4.98 Å². The van der Waals surface area contributed by atoms with Crippen molar-refractivity contribution in [1.29, 1.82) is 0 Å².